The zero-order valence-electron chi connectivity index (χ0n) is 22.0. The fourth-order valence-electron chi connectivity index (χ4n) is 5.86. The molecule has 0 fully saturated rings. The molecule has 5 rings (SSSR count). The van der Waals surface area contributed by atoms with Gasteiger partial charge in [-0.1, -0.05) is 120 Å². The Morgan fingerprint density at radius 3 is 2.20 bits per heavy atom. The van der Waals surface area contributed by atoms with Crippen LogP contribution in [0.25, 0.3) is 22.2 Å². The first-order valence-corrected chi connectivity index (χ1v) is 15.9. The molecule has 35 heavy (non-hydrogen) atoms. The Kier molecular flexibility index (Phi) is 5.84. The van der Waals surface area contributed by atoms with E-state index < -0.39 is 8.07 Å². The van der Waals surface area contributed by atoms with E-state index in [1.54, 1.807) is 0 Å². The number of nitrogens with zero attached hydrogens (tertiary/aromatic N) is 1. The van der Waals surface area contributed by atoms with Crippen LogP contribution in [0.5, 0.6) is 0 Å². The topological polar surface area (TPSA) is 12.9 Å². The van der Waals surface area contributed by atoms with E-state index in [0.29, 0.717) is 0 Å². The Labute approximate surface area is 212 Å². The van der Waals surface area contributed by atoms with E-state index in [2.05, 4.69) is 120 Å². The second-order valence-electron chi connectivity index (χ2n) is 12.0. The van der Waals surface area contributed by atoms with E-state index in [9.17, 15) is 0 Å². The van der Waals surface area contributed by atoms with Gasteiger partial charge >= 0.3 is 0 Å². The minimum Gasteiger partial charge on any atom is -0.256 e. The third-order valence-electron chi connectivity index (χ3n) is 8.25. The Morgan fingerprint density at radius 1 is 0.771 bits per heavy atom. The quantitative estimate of drug-likeness (QED) is 0.214. The van der Waals surface area contributed by atoms with Gasteiger partial charge in [0.15, 0.2) is 0 Å². The maximum Gasteiger partial charge on any atom is 0.115 e. The molecule has 1 heterocycles. The molecule has 0 saturated heterocycles. The summed E-state index contributed by atoms with van der Waals surface area (Å²) in [6.45, 7) is 14.6. The smallest absolute Gasteiger partial charge is 0.115 e. The molecule has 0 radical (unpaired) electrons. The van der Waals surface area contributed by atoms with Crippen LogP contribution in [0.3, 0.4) is 0 Å². The molecule has 1 nitrogen and oxygen atoms in total. The molecule has 0 saturated carbocycles. The second kappa shape index (κ2) is 8.60. The van der Waals surface area contributed by atoms with Crippen LogP contribution in [0, 0.1) is 0 Å². The van der Waals surface area contributed by atoms with Crippen LogP contribution >= 0.6 is 0 Å². The number of pyridine rings is 1. The van der Waals surface area contributed by atoms with Gasteiger partial charge in [-0.25, -0.2) is 0 Å². The highest BCUT2D eigenvalue weighted by Gasteiger charge is 2.37. The molecule has 0 unspecified atom stereocenters. The molecule has 3 aromatic carbocycles. The van der Waals surface area contributed by atoms with Crippen molar-refractivity contribution in [2.24, 2.45) is 0 Å². The fraction of sp³-hybridized carbons (Fsp3) is 0.303. The fourth-order valence-corrected chi connectivity index (χ4v) is 8.88. The van der Waals surface area contributed by atoms with E-state index in [-0.39, 0.29) is 10.8 Å². The lowest BCUT2D eigenvalue weighted by Crippen LogP contribution is -2.43. The Balaban J connectivity index is 1.71. The number of aromatic nitrogens is 1. The molecule has 0 atom stereocenters. The van der Waals surface area contributed by atoms with Crippen molar-refractivity contribution in [2.75, 3.05) is 0 Å². The standard InChI is InChI=1S/C33H37NSi/c1-32(2)19-20-33(3,4)28-22-24(17-18-27(28)32)23-30(25-12-8-7-9-13-25)35(5,6)29-16-10-14-26-15-11-21-34-31(26)29/h7-18,21-23H,19-20H2,1-6H3/b30-23+. The summed E-state index contributed by atoms with van der Waals surface area (Å²) >= 11 is 0. The molecule has 0 aliphatic heterocycles. The predicted octanol–water partition coefficient (Wildman–Crippen LogP) is 8.28. The van der Waals surface area contributed by atoms with Crippen molar-refractivity contribution >= 4 is 35.4 Å². The Bertz CT molecular complexity index is 1400. The van der Waals surface area contributed by atoms with Gasteiger partial charge in [0.05, 0.1) is 5.52 Å². The molecule has 0 N–H and O–H groups in total. The van der Waals surface area contributed by atoms with Crippen LogP contribution in [0.4, 0.5) is 0 Å². The van der Waals surface area contributed by atoms with Gasteiger partial charge in [0.1, 0.15) is 8.07 Å². The van der Waals surface area contributed by atoms with Crippen LogP contribution in [0.1, 0.15) is 62.8 Å². The van der Waals surface area contributed by atoms with Gasteiger partial charge < -0.3 is 0 Å². The molecule has 0 spiro atoms. The summed E-state index contributed by atoms with van der Waals surface area (Å²) in [5, 5.41) is 4.06. The molecule has 1 aliphatic rings. The van der Waals surface area contributed by atoms with Crippen molar-refractivity contribution in [2.45, 2.75) is 64.5 Å². The van der Waals surface area contributed by atoms with Crippen molar-refractivity contribution in [3.8, 4) is 0 Å². The second-order valence-corrected chi connectivity index (χ2v) is 16.3. The van der Waals surface area contributed by atoms with Crippen LogP contribution in [0.2, 0.25) is 13.1 Å². The summed E-state index contributed by atoms with van der Waals surface area (Å²) in [5.41, 5.74) is 7.23. The van der Waals surface area contributed by atoms with Crippen LogP contribution < -0.4 is 5.19 Å². The van der Waals surface area contributed by atoms with Gasteiger partial charge in [-0.3, -0.25) is 4.98 Å². The summed E-state index contributed by atoms with van der Waals surface area (Å²) < 4.78 is 0. The van der Waals surface area contributed by atoms with Gasteiger partial charge in [0, 0.05) is 11.6 Å². The summed E-state index contributed by atoms with van der Waals surface area (Å²) in [6.07, 6.45) is 6.87. The largest absolute Gasteiger partial charge is 0.256 e. The molecule has 4 aromatic rings. The first-order chi connectivity index (χ1) is 16.6. The van der Waals surface area contributed by atoms with Crippen LogP contribution in [-0.2, 0) is 10.8 Å². The SMILES string of the molecule is CC1(C)CCC(C)(C)c2cc(/C=C(\c3ccccc3)[Si](C)(C)c3cccc4cccnc34)ccc21. The van der Waals surface area contributed by atoms with Crippen molar-refractivity contribution in [3.63, 3.8) is 0 Å². The van der Waals surface area contributed by atoms with Gasteiger partial charge in [-0.15, -0.1) is 0 Å². The van der Waals surface area contributed by atoms with Gasteiger partial charge in [-0.05, 0) is 62.4 Å². The molecule has 0 bridgehead atoms. The first-order valence-electron chi connectivity index (χ1n) is 12.9. The van der Waals surface area contributed by atoms with E-state index >= 15 is 0 Å². The Hall–Kier alpha value is -2.97. The lowest BCUT2D eigenvalue weighted by atomic mass is 9.63. The van der Waals surface area contributed by atoms with Crippen molar-refractivity contribution < 1.29 is 0 Å². The predicted molar refractivity (Wildman–Crippen MR) is 155 cm³/mol. The number of hydrogen-bond donors (Lipinski definition) is 0. The number of benzene rings is 3. The highest BCUT2D eigenvalue weighted by Crippen LogP contribution is 2.46. The summed E-state index contributed by atoms with van der Waals surface area (Å²) in [5.74, 6) is 0. The van der Waals surface area contributed by atoms with Crippen molar-refractivity contribution in [1.29, 1.82) is 0 Å². The summed E-state index contributed by atoms with van der Waals surface area (Å²) in [6, 6.07) is 29.1. The molecule has 2 heteroatoms. The molecular formula is C33H37NSi. The number of rotatable bonds is 4. The molecule has 0 amide bonds. The Morgan fingerprint density at radius 2 is 1.46 bits per heavy atom. The zero-order valence-corrected chi connectivity index (χ0v) is 23.0. The zero-order chi connectivity index (χ0) is 24.8. The highest BCUT2D eigenvalue weighted by molar-refractivity contribution is 7.06. The lowest BCUT2D eigenvalue weighted by Gasteiger charge is -2.42. The highest BCUT2D eigenvalue weighted by atomic mass is 28.3. The van der Waals surface area contributed by atoms with Gasteiger partial charge in [-0.2, -0.15) is 0 Å². The normalized spacial score (nSPS) is 17.3. The van der Waals surface area contributed by atoms with E-state index in [4.69, 9.17) is 4.98 Å². The number of hydrogen-bond acceptors (Lipinski definition) is 1. The number of para-hydroxylation sites is 1. The summed E-state index contributed by atoms with van der Waals surface area (Å²) in [7, 11) is -2.10. The van der Waals surface area contributed by atoms with E-state index in [1.165, 1.54) is 50.9 Å². The van der Waals surface area contributed by atoms with Gasteiger partial charge in [0.2, 0.25) is 0 Å². The van der Waals surface area contributed by atoms with E-state index in [1.807, 2.05) is 12.3 Å². The first kappa shape index (κ1) is 23.8. The molecule has 1 aromatic heterocycles. The van der Waals surface area contributed by atoms with Crippen molar-refractivity contribution in [3.05, 3.63) is 107 Å². The van der Waals surface area contributed by atoms with E-state index in [0.717, 1.165) is 5.52 Å². The minimum absolute atomic E-state index is 0.202. The number of fused-ring (bicyclic) bond motifs is 2. The third kappa shape index (κ3) is 4.29. The average molecular weight is 476 g/mol. The minimum atomic E-state index is -2.10. The maximum atomic E-state index is 4.83. The maximum absolute atomic E-state index is 4.83. The molecule has 1 aliphatic carbocycles. The third-order valence-corrected chi connectivity index (χ3v) is 11.8. The lowest BCUT2D eigenvalue weighted by molar-refractivity contribution is 0.332. The van der Waals surface area contributed by atoms with Crippen LogP contribution in [-0.4, -0.2) is 13.1 Å². The molecule has 178 valence electrons. The average Bonchev–Trinajstić information content (AvgIpc) is 2.85. The monoisotopic (exact) mass is 475 g/mol. The summed E-state index contributed by atoms with van der Waals surface area (Å²) in [4.78, 5) is 4.83. The van der Waals surface area contributed by atoms with Crippen molar-refractivity contribution in [1.82, 2.24) is 4.98 Å². The van der Waals surface area contributed by atoms with Gasteiger partial charge in [0.25, 0.3) is 0 Å². The van der Waals surface area contributed by atoms with Crippen LogP contribution in [0.15, 0.2) is 85.1 Å². The molecular weight excluding hydrogens is 438 g/mol.